The number of nitrogens with zero attached hydrogens (tertiary/aromatic N) is 1. The van der Waals surface area contributed by atoms with Crippen LogP contribution in [0.5, 0.6) is 0 Å². The number of aliphatic imine (C=N–C) groups is 1. The van der Waals surface area contributed by atoms with Crippen LogP contribution in [0.4, 0.5) is 0 Å². The van der Waals surface area contributed by atoms with Crippen molar-refractivity contribution in [1.82, 2.24) is 10.6 Å². The van der Waals surface area contributed by atoms with Crippen molar-refractivity contribution in [1.29, 1.82) is 0 Å². The van der Waals surface area contributed by atoms with E-state index < -0.39 is 0 Å². The zero-order valence-electron chi connectivity index (χ0n) is 6.09. The quantitative estimate of drug-likeness (QED) is 0.460. The zero-order chi connectivity index (χ0) is 7.40. The second-order valence-corrected chi connectivity index (χ2v) is 2.39. The second kappa shape index (κ2) is 3.41. The summed E-state index contributed by atoms with van der Waals surface area (Å²) in [5.74, 6) is 0.806. The number of nitrogens with one attached hydrogen (secondary N) is 2. The highest BCUT2D eigenvalue weighted by Crippen LogP contribution is 1.81. The molecule has 0 aromatic rings. The third-order valence-electron chi connectivity index (χ3n) is 1.24. The first-order chi connectivity index (χ1) is 4.79. The van der Waals surface area contributed by atoms with Gasteiger partial charge >= 0.3 is 0 Å². The molecule has 1 atom stereocenters. The van der Waals surface area contributed by atoms with Gasteiger partial charge in [0, 0.05) is 13.1 Å². The van der Waals surface area contributed by atoms with Gasteiger partial charge in [-0.15, -0.1) is 0 Å². The molecular weight excluding hydrogens is 130 g/mol. The van der Waals surface area contributed by atoms with E-state index in [2.05, 4.69) is 15.6 Å². The summed E-state index contributed by atoms with van der Waals surface area (Å²) < 4.78 is 0. The summed E-state index contributed by atoms with van der Waals surface area (Å²) in [5.41, 5.74) is 0. The van der Waals surface area contributed by atoms with Crippen molar-refractivity contribution in [3.05, 3.63) is 0 Å². The maximum Gasteiger partial charge on any atom is 0.191 e. The van der Waals surface area contributed by atoms with E-state index in [-0.39, 0.29) is 6.10 Å². The summed E-state index contributed by atoms with van der Waals surface area (Å²) in [7, 11) is 0. The van der Waals surface area contributed by atoms with Gasteiger partial charge in [-0.2, -0.15) is 0 Å². The predicted molar refractivity (Wildman–Crippen MR) is 40.0 cm³/mol. The summed E-state index contributed by atoms with van der Waals surface area (Å²) in [4.78, 5) is 4.09. The molecule has 0 saturated carbocycles. The van der Waals surface area contributed by atoms with Gasteiger partial charge in [-0.1, -0.05) is 0 Å². The molecule has 0 saturated heterocycles. The van der Waals surface area contributed by atoms with Crippen LogP contribution in [0.2, 0.25) is 0 Å². The van der Waals surface area contributed by atoms with Crippen LogP contribution in [0.3, 0.4) is 0 Å². The molecule has 0 bridgehead atoms. The second-order valence-electron chi connectivity index (χ2n) is 2.39. The SMILES string of the molecule is CC(O)CNC1=NCCN1. The molecule has 4 heteroatoms. The number of aliphatic hydroxyl groups is 1. The van der Waals surface area contributed by atoms with Crippen LogP contribution in [0.1, 0.15) is 6.92 Å². The van der Waals surface area contributed by atoms with E-state index in [1.54, 1.807) is 6.92 Å². The van der Waals surface area contributed by atoms with Crippen molar-refractivity contribution >= 4 is 5.96 Å². The summed E-state index contributed by atoms with van der Waals surface area (Å²) in [6.45, 7) is 4.04. The standard InChI is InChI=1S/C6H13N3O/c1-5(10)4-9-6-7-2-3-8-6/h5,10H,2-4H2,1H3,(H2,7,8,9). The van der Waals surface area contributed by atoms with Crippen LogP contribution in [0.25, 0.3) is 0 Å². The molecule has 1 aliphatic heterocycles. The van der Waals surface area contributed by atoms with E-state index in [9.17, 15) is 0 Å². The van der Waals surface area contributed by atoms with Gasteiger partial charge in [0.15, 0.2) is 5.96 Å². The molecular formula is C6H13N3O. The van der Waals surface area contributed by atoms with Crippen LogP contribution < -0.4 is 10.6 Å². The Morgan fingerprint density at radius 1 is 1.90 bits per heavy atom. The van der Waals surface area contributed by atoms with Crippen LogP contribution in [-0.4, -0.2) is 36.8 Å². The highest BCUT2D eigenvalue weighted by atomic mass is 16.3. The number of hydrogen-bond acceptors (Lipinski definition) is 4. The Bertz CT molecular complexity index is 133. The first-order valence-electron chi connectivity index (χ1n) is 3.49. The van der Waals surface area contributed by atoms with E-state index in [4.69, 9.17) is 5.11 Å². The lowest BCUT2D eigenvalue weighted by Gasteiger charge is -2.07. The van der Waals surface area contributed by atoms with E-state index in [1.165, 1.54) is 0 Å². The number of guanidine groups is 1. The lowest BCUT2D eigenvalue weighted by atomic mass is 10.4. The summed E-state index contributed by atoms with van der Waals surface area (Å²) in [6, 6.07) is 0. The average Bonchev–Trinajstić information content (AvgIpc) is 2.34. The Labute approximate surface area is 60.3 Å². The molecule has 0 fully saturated rings. The van der Waals surface area contributed by atoms with Gasteiger partial charge in [-0.05, 0) is 6.92 Å². The van der Waals surface area contributed by atoms with Crippen molar-refractivity contribution in [2.45, 2.75) is 13.0 Å². The Hall–Kier alpha value is -0.770. The largest absolute Gasteiger partial charge is 0.392 e. The fraction of sp³-hybridized carbons (Fsp3) is 0.833. The van der Waals surface area contributed by atoms with Gasteiger partial charge in [-0.25, -0.2) is 0 Å². The molecule has 1 aliphatic rings. The minimum Gasteiger partial charge on any atom is -0.392 e. The molecule has 10 heavy (non-hydrogen) atoms. The minimum atomic E-state index is -0.315. The first kappa shape index (κ1) is 7.34. The molecule has 0 spiro atoms. The van der Waals surface area contributed by atoms with E-state index >= 15 is 0 Å². The number of hydrogen-bond donors (Lipinski definition) is 3. The Morgan fingerprint density at radius 3 is 3.20 bits per heavy atom. The van der Waals surface area contributed by atoms with Crippen LogP contribution in [0, 0.1) is 0 Å². The van der Waals surface area contributed by atoms with E-state index in [1.807, 2.05) is 0 Å². The summed E-state index contributed by atoms with van der Waals surface area (Å²) >= 11 is 0. The normalized spacial score (nSPS) is 19.6. The van der Waals surface area contributed by atoms with Crippen molar-refractivity contribution < 1.29 is 5.11 Å². The Balaban J connectivity index is 2.13. The third kappa shape index (κ3) is 2.23. The fourth-order valence-electron chi connectivity index (χ4n) is 0.761. The molecule has 0 radical (unpaired) electrons. The third-order valence-corrected chi connectivity index (χ3v) is 1.24. The van der Waals surface area contributed by atoms with Gasteiger partial charge in [0.05, 0.1) is 12.6 Å². The average molecular weight is 143 g/mol. The van der Waals surface area contributed by atoms with Gasteiger partial charge in [-0.3, -0.25) is 4.99 Å². The van der Waals surface area contributed by atoms with Crippen molar-refractivity contribution in [2.24, 2.45) is 4.99 Å². The van der Waals surface area contributed by atoms with Crippen LogP contribution in [0.15, 0.2) is 4.99 Å². The van der Waals surface area contributed by atoms with Crippen LogP contribution >= 0.6 is 0 Å². The molecule has 3 N–H and O–H groups in total. The number of rotatable bonds is 2. The molecule has 4 nitrogen and oxygen atoms in total. The van der Waals surface area contributed by atoms with E-state index in [0.717, 1.165) is 19.0 Å². The zero-order valence-corrected chi connectivity index (χ0v) is 6.09. The Kier molecular flexibility index (Phi) is 2.50. The topological polar surface area (TPSA) is 56.6 Å². The first-order valence-corrected chi connectivity index (χ1v) is 3.49. The van der Waals surface area contributed by atoms with E-state index in [0.29, 0.717) is 6.54 Å². The van der Waals surface area contributed by atoms with Gasteiger partial charge in [0.25, 0.3) is 0 Å². The number of aliphatic hydroxyl groups excluding tert-OH is 1. The molecule has 58 valence electrons. The molecule has 0 amide bonds. The molecule has 0 aromatic carbocycles. The van der Waals surface area contributed by atoms with Crippen molar-refractivity contribution in [3.8, 4) is 0 Å². The van der Waals surface area contributed by atoms with Crippen LogP contribution in [-0.2, 0) is 0 Å². The Morgan fingerprint density at radius 2 is 2.70 bits per heavy atom. The molecule has 0 aromatic heterocycles. The highest BCUT2D eigenvalue weighted by molar-refractivity contribution is 5.81. The molecule has 1 heterocycles. The van der Waals surface area contributed by atoms with Gasteiger partial charge in [0.2, 0.25) is 0 Å². The summed E-state index contributed by atoms with van der Waals surface area (Å²) in [5, 5.41) is 14.9. The highest BCUT2D eigenvalue weighted by Gasteiger charge is 2.03. The molecule has 1 unspecified atom stereocenters. The lowest BCUT2D eigenvalue weighted by Crippen LogP contribution is -2.37. The lowest BCUT2D eigenvalue weighted by molar-refractivity contribution is 0.197. The maximum atomic E-state index is 8.87. The minimum absolute atomic E-state index is 0.315. The van der Waals surface area contributed by atoms with Gasteiger partial charge < -0.3 is 15.7 Å². The van der Waals surface area contributed by atoms with Gasteiger partial charge in [0.1, 0.15) is 0 Å². The summed E-state index contributed by atoms with van der Waals surface area (Å²) in [6.07, 6.45) is -0.315. The predicted octanol–water partition coefficient (Wildman–Crippen LogP) is -1.08. The molecule has 1 rings (SSSR count). The monoisotopic (exact) mass is 143 g/mol. The van der Waals surface area contributed by atoms with Crippen molar-refractivity contribution in [2.75, 3.05) is 19.6 Å². The fourth-order valence-corrected chi connectivity index (χ4v) is 0.761. The smallest absolute Gasteiger partial charge is 0.191 e. The molecule has 0 aliphatic carbocycles. The maximum absolute atomic E-state index is 8.87. The van der Waals surface area contributed by atoms with Crippen molar-refractivity contribution in [3.63, 3.8) is 0 Å².